The quantitative estimate of drug-likeness (QED) is 0.790. The molecule has 1 heterocycles. The van der Waals surface area contributed by atoms with Gasteiger partial charge in [-0.05, 0) is 19.1 Å². The first-order chi connectivity index (χ1) is 9.56. The number of benzene rings is 1. The lowest BCUT2D eigenvalue weighted by atomic mass is 10.2. The van der Waals surface area contributed by atoms with Gasteiger partial charge in [0.05, 0.1) is 26.0 Å². The van der Waals surface area contributed by atoms with Crippen LogP contribution in [0.1, 0.15) is 16.1 Å². The largest absolute Gasteiger partial charge is 0.494 e. The first kappa shape index (κ1) is 13.8. The maximum Gasteiger partial charge on any atom is 0.362 e. The lowest BCUT2D eigenvalue weighted by Gasteiger charge is -2.09. The first-order valence-corrected chi connectivity index (χ1v) is 5.90. The third-order valence-corrected chi connectivity index (χ3v) is 2.77. The minimum Gasteiger partial charge on any atom is -0.494 e. The highest BCUT2D eigenvalue weighted by atomic mass is 16.5. The number of carbonyl (C=O) groups is 1. The monoisotopic (exact) mass is 274 g/mol. The third kappa shape index (κ3) is 2.54. The van der Waals surface area contributed by atoms with Crippen molar-refractivity contribution in [3.05, 3.63) is 51.9 Å². The van der Waals surface area contributed by atoms with Crippen LogP contribution in [-0.2, 0) is 4.74 Å². The Morgan fingerprint density at radius 2 is 1.85 bits per heavy atom. The molecule has 0 saturated carbocycles. The van der Waals surface area contributed by atoms with Crippen molar-refractivity contribution in [3.8, 4) is 11.4 Å². The number of ether oxygens (including phenoxy) is 2. The molecule has 0 unspecified atom stereocenters. The lowest BCUT2D eigenvalue weighted by Crippen LogP contribution is -2.24. The van der Waals surface area contributed by atoms with E-state index in [1.807, 2.05) is 19.1 Å². The number of nitrogens with zero attached hydrogens (tertiary/aromatic N) is 2. The van der Waals surface area contributed by atoms with E-state index in [4.69, 9.17) is 4.74 Å². The second-order valence-electron chi connectivity index (χ2n) is 4.14. The van der Waals surface area contributed by atoms with Crippen molar-refractivity contribution >= 4 is 5.97 Å². The molecule has 0 atom stereocenters. The van der Waals surface area contributed by atoms with Crippen LogP contribution in [0.4, 0.5) is 0 Å². The van der Waals surface area contributed by atoms with Crippen molar-refractivity contribution in [2.45, 2.75) is 6.92 Å². The summed E-state index contributed by atoms with van der Waals surface area (Å²) in [5.41, 5.74) is 1.19. The highest BCUT2D eigenvalue weighted by molar-refractivity contribution is 5.89. The Hall–Kier alpha value is -2.63. The van der Waals surface area contributed by atoms with Gasteiger partial charge in [0, 0.05) is 0 Å². The average Bonchev–Trinajstić information content (AvgIpc) is 2.47. The molecule has 0 bridgehead atoms. The van der Waals surface area contributed by atoms with Crippen LogP contribution in [0.15, 0.2) is 35.1 Å². The maximum atomic E-state index is 12.0. The number of carbonyl (C=O) groups excluding carboxylic acids is 1. The van der Waals surface area contributed by atoms with Gasteiger partial charge in [-0.2, -0.15) is 9.78 Å². The molecule has 0 aliphatic heterocycles. The number of hydrogen-bond donors (Lipinski definition) is 0. The van der Waals surface area contributed by atoms with Crippen molar-refractivity contribution < 1.29 is 14.3 Å². The van der Waals surface area contributed by atoms with Gasteiger partial charge in [0.2, 0.25) is 5.69 Å². The fourth-order valence-electron chi connectivity index (χ4n) is 1.70. The highest BCUT2D eigenvalue weighted by Crippen LogP contribution is 2.15. The molecule has 0 amide bonds. The van der Waals surface area contributed by atoms with Crippen molar-refractivity contribution in [1.29, 1.82) is 0 Å². The number of hydrogen-bond acceptors (Lipinski definition) is 5. The second-order valence-corrected chi connectivity index (χ2v) is 4.14. The van der Waals surface area contributed by atoms with Crippen LogP contribution in [0.2, 0.25) is 0 Å². The van der Waals surface area contributed by atoms with E-state index in [1.54, 1.807) is 12.1 Å². The topological polar surface area (TPSA) is 70.4 Å². The Morgan fingerprint density at radius 1 is 1.20 bits per heavy atom. The van der Waals surface area contributed by atoms with E-state index < -0.39 is 11.5 Å². The number of aromatic nitrogens is 2. The molecule has 20 heavy (non-hydrogen) atoms. The van der Waals surface area contributed by atoms with Crippen LogP contribution in [-0.4, -0.2) is 30.0 Å². The fourth-order valence-corrected chi connectivity index (χ4v) is 1.70. The lowest BCUT2D eigenvalue weighted by molar-refractivity contribution is 0.0587. The highest BCUT2D eigenvalue weighted by Gasteiger charge is 2.18. The molecule has 0 aliphatic rings. The summed E-state index contributed by atoms with van der Waals surface area (Å²) < 4.78 is 10.7. The predicted octanol–water partition coefficient (Wildman–Crippen LogP) is 1.34. The zero-order valence-corrected chi connectivity index (χ0v) is 11.4. The zero-order chi connectivity index (χ0) is 14.7. The summed E-state index contributed by atoms with van der Waals surface area (Å²) in [7, 11) is 2.60. The number of aryl methyl sites for hydroxylation is 1. The molecule has 2 aromatic rings. The summed E-state index contributed by atoms with van der Waals surface area (Å²) in [6, 6.07) is 8.41. The van der Waals surface area contributed by atoms with Gasteiger partial charge in [-0.15, -0.1) is 0 Å². The summed E-state index contributed by atoms with van der Waals surface area (Å²) in [6.45, 7) is 1.94. The van der Waals surface area contributed by atoms with E-state index >= 15 is 0 Å². The molecule has 6 nitrogen and oxygen atoms in total. The van der Waals surface area contributed by atoms with Crippen LogP contribution >= 0.6 is 0 Å². The van der Waals surface area contributed by atoms with Crippen molar-refractivity contribution in [2.24, 2.45) is 0 Å². The minimum absolute atomic E-state index is 0.0461. The summed E-state index contributed by atoms with van der Waals surface area (Å²) in [4.78, 5) is 23.7. The van der Waals surface area contributed by atoms with Gasteiger partial charge in [0.25, 0.3) is 5.56 Å². The molecule has 104 valence electrons. The summed E-state index contributed by atoms with van der Waals surface area (Å²) in [5.74, 6) is -0.576. The van der Waals surface area contributed by atoms with Gasteiger partial charge < -0.3 is 9.47 Å². The van der Waals surface area contributed by atoms with Gasteiger partial charge in [-0.25, -0.2) is 4.79 Å². The van der Waals surface area contributed by atoms with Crippen LogP contribution in [0, 0.1) is 6.92 Å². The first-order valence-electron chi connectivity index (χ1n) is 5.90. The van der Waals surface area contributed by atoms with Crippen molar-refractivity contribution in [1.82, 2.24) is 9.78 Å². The van der Waals surface area contributed by atoms with Gasteiger partial charge in [0.15, 0.2) is 5.75 Å². The molecule has 1 aromatic carbocycles. The SMILES string of the molecule is COC(=O)c1nn(-c2ccc(C)cc2)c(=O)cc1OC. The van der Waals surface area contributed by atoms with Crippen LogP contribution in [0.3, 0.4) is 0 Å². The maximum absolute atomic E-state index is 12.0. The Kier molecular flexibility index (Phi) is 3.84. The number of rotatable bonds is 3. The smallest absolute Gasteiger partial charge is 0.362 e. The van der Waals surface area contributed by atoms with Crippen molar-refractivity contribution in [2.75, 3.05) is 14.2 Å². The van der Waals surface area contributed by atoms with E-state index in [2.05, 4.69) is 9.84 Å². The molecule has 0 saturated heterocycles. The number of esters is 1. The van der Waals surface area contributed by atoms with E-state index in [9.17, 15) is 9.59 Å². The molecule has 1 aromatic heterocycles. The minimum atomic E-state index is -0.664. The molecular formula is C14H14N2O4. The zero-order valence-electron chi connectivity index (χ0n) is 11.4. The van der Waals surface area contributed by atoms with E-state index in [0.29, 0.717) is 5.69 Å². The van der Waals surface area contributed by atoms with Gasteiger partial charge in [0.1, 0.15) is 0 Å². The van der Waals surface area contributed by atoms with Crippen LogP contribution < -0.4 is 10.3 Å². The van der Waals surface area contributed by atoms with Gasteiger partial charge in [-0.3, -0.25) is 4.79 Å². The Labute approximate surface area is 115 Å². The van der Waals surface area contributed by atoms with E-state index in [1.165, 1.54) is 20.3 Å². The van der Waals surface area contributed by atoms with Gasteiger partial charge in [-0.1, -0.05) is 17.7 Å². The molecule has 0 aliphatic carbocycles. The summed E-state index contributed by atoms with van der Waals surface area (Å²) in [6.07, 6.45) is 0. The molecule has 2 rings (SSSR count). The Balaban J connectivity index is 2.62. The standard InChI is InChI=1S/C14H14N2O4/c1-9-4-6-10(7-5-9)16-12(17)8-11(19-2)13(15-16)14(18)20-3/h4-8H,1-3H3. The second kappa shape index (κ2) is 5.56. The summed E-state index contributed by atoms with van der Waals surface area (Å²) in [5, 5.41) is 4.02. The Morgan fingerprint density at radius 3 is 2.40 bits per heavy atom. The fraction of sp³-hybridized carbons (Fsp3) is 0.214. The molecular weight excluding hydrogens is 260 g/mol. The Bertz CT molecular complexity index is 689. The molecule has 0 spiro atoms. The predicted molar refractivity (Wildman–Crippen MR) is 72.5 cm³/mol. The van der Waals surface area contributed by atoms with Crippen LogP contribution in [0.25, 0.3) is 5.69 Å². The summed E-state index contributed by atoms with van der Waals surface area (Å²) >= 11 is 0. The van der Waals surface area contributed by atoms with Gasteiger partial charge >= 0.3 is 5.97 Å². The third-order valence-electron chi connectivity index (χ3n) is 2.77. The molecule has 0 radical (unpaired) electrons. The van der Waals surface area contributed by atoms with Crippen LogP contribution in [0.5, 0.6) is 5.75 Å². The van der Waals surface area contributed by atoms with E-state index in [-0.39, 0.29) is 11.4 Å². The molecule has 0 fully saturated rings. The van der Waals surface area contributed by atoms with E-state index in [0.717, 1.165) is 10.2 Å². The van der Waals surface area contributed by atoms with Crippen molar-refractivity contribution in [3.63, 3.8) is 0 Å². The molecule has 6 heteroatoms. The normalized spacial score (nSPS) is 10.2. The number of methoxy groups -OCH3 is 2. The molecule has 0 N–H and O–H groups in total. The average molecular weight is 274 g/mol.